The molecule has 4 rings (SSSR count). The van der Waals surface area contributed by atoms with Crippen LogP contribution in [0.15, 0.2) is 48.5 Å². The first-order chi connectivity index (χ1) is 16.0. The summed E-state index contributed by atoms with van der Waals surface area (Å²) in [5, 5.41) is 14.8. The number of alkyl carbamates (subject to hydrolysis) is 1. The molecule has 2 aliphatic carbocycles. The summed E-state index contributed by atoms with van der Waals surface area (Å²) < 4.78 is 5.62. The van der Waals surface area contributed by atoms with E-state index in [0.29, 0.717) is 19.3 Å². The maximum absolute atomic E-state index is 12.6. The van der Waals surface area contributed by atoms with Gasteiger partial charge in [-0.3, -0.25) is 9.59 Å². The molecule has 0 bridgehead atoms. The molecule has 174 valence electrons. The van der Waals surface area contributed by atoms with E-state index in [9.17, 15) is 14.4 Å². The molecule has 1 saturated carbocycles. The highest BCUT2D eigenvalue weighted by atomic mass is 16.5. The molecule has 7 nitrogen and oxygen atoms in total. The number of hydrogen-bond acceptors (Lipinski definition) is 4. The Balaban J connectivity index is 1.33. The summed E-state index contributed by atoms with van der Waals surface area (Å²) in [6, 6.07) is 16.0. The third-order valence-corrected chi connectivity index (χ3v) is 6.86. The van der Waals surface area contributed by atoms with Crippen molar-refractivity contribution in [1.82, 2.24) is 10.6 Å². The molecule has 7 heteroatoms. The van der Waals surface area contributed by atoms with Crippen LogP contribution in [0.25, 0.3) is 11.1 Å². The molecule has 3 N–H and O–H groups in total. The van der Waals surface area contributed by atoms with Gasteiger partial charge in [0, 0.05) is 18.5 Å². The second-order valence-electron chi connectivity index (χ2n) is 8.80. The number of carbonyl (C=O) groups excluding carboxylic acids is 2. The zero-order valence-corrected chi connectivity index (χ0v) is 18.8. The topological polar surface area (TPSA) is 105 Å². The largest absolute Gasteiger partial charge is 0.481 e. The second-order valence-corrected chi connectivity index (χ2v) is 8.80. The minimum Gasteiger partial charge on any atom is -0.481 e. The Morgan fingerprint density at radius 3 is 2.27 bits per heavy atom. The monoisotopic (exact) mass is 450 g/mol. The van der Waals surface area contributed by atoms with Crippen molar-refractivity contribution in [2.75, 3.05) is 13.2 Å². The van der Waals surface area contributed by atoms with Gasteiger partial charge in [0.25, 0.3) is 0 Å². The molecule has 0 heterocycles. The standard InChI is InChI=1S/C26H30N2O5/c1-2-16(25(30)31)14-27-24(29)21-12-7-13-23(21)28-26(32)33-15-22-19-10-5-3-8-17(19)18-9-4-6-11-20(18)22/h3-6,8-11,16,21-23H,2,7,12-15H2,1H3,(H,27,29)(H,28,32)(H,30,31)/t16?,21-,23+/m1/s1. The SMILES string of the molecule is CCC(CNC(=O)[C@@H]1CCC[C@@H]1NC(=O)OCC1c2ccccc2-c2ccccc21)C(=O)O. The quantitative estimate of drug-likeness (QED) is 0.565. The number of carbonyl (C=O) groups is 3. The van der Waals surface area contributed by atoms with Crippen LogP contribution in [0.5, 0.6) is 0 Å². The summed E-state index contributed by atoms with van der Waals surface area (Å²) in [5.41, 5.74) is 4.63. The molecule has 2 amide bonds. The number of nitrogens with one attached hydrogen (secondary N) is 2. The third kappa shape index (κ3) is 4.87. The van der Waals surface area contributed by atoms with E-state index in [4.69, 9.17) is 9.84 Å². The summed E-state index contributed by atoms with van der Waals surface area (Å²) in [4.78, 5) is 36.4. The number of carboxylic acids is 1. The van der Waals surface area contributed by atoms with E-state index in [2.05, 4.69) is 34.9 Å². The molecule has 3 atom stereocenters. The van der Waals surface area contributed by atoms with Gasteiger partial charge in [0.05, 0.1) is 11.8 Å². The van der Waals surface area contributed by atoms with Crippen molar-refractivity contribution in [3.63, 3.8) is 0 Å². The first-order valence-electron chi connectivity index (χ1n) is 11.6. The third-order valence-electron chi connectivity index (χ3n) is 6.86. The first-order valence-corrected chi connectivity index (χ1v) is 11.6. The van der Waals surface area contributed by atoms with E-state index in [-0.39, 0.29) is 36.9 Å². The van der Waals surface area contributed by atoms with Gasteiger partial charge in [-0.05, 0) is 41.5 Å². The number of amides is 2. The molecule has 33 heavy (non-hydrogen) atoms. The van der Waals surface area contributed by atoms with Gasteiger partial charge in [-0.15, -0.1) is 0 Å². The average Bonchev–Trinajstić information content (AvgIpc) is 3.40. The number of aliphatic carboxylic acids is 1. The van der Waals surface area contributed by atoms with E-state index in [1.807, 2.05) is 24.3 Å². The second kappa shape index (κ2) is 10.1. The van der Waals surface area contributed by atoms with E-state index < -0.39 is 18.0 Å². The number of rotatable bonds is 8. The molecule has 1 fully saturated rings. The summed E-state index contributed by atoms with van der Waals surface area (Å²) in [7, 11) is 0. The van der Waals surface area contributed by atoms with Gasteiger partial charge in [0.2, 0.25) is 5.91 Å². The Morgan fingerprint density at radius 2 is 1.67 bits per heavy atom. The maximum atomic E-state index is 12.6. The van der Waals surface area contributed by atoms with Crippen molar-refractivity contribution in [1.29, 1.82) is 0 Å². The molecule has 0 aromatic heterocycles. The molecule has 0 saturated heterocycles. The fourth-order valence-corrected chi connectivity index (χ4v) is 5.00. The maximum Gasteiger partial charge on any atom is 0.407 e. The van der Waals surface area contributed by atoms with Gasteiger partial charge in [0.1, 0.15) is 6.61 Å². The summed E-state index contributed by atoms with van der Waals surface area (Å²) in [6.07, 6.45) is 2.09. The van der Waals surface area contributed by atoms with Crippen LogP contribution in [0.1, 0.15) is 49.7 Å². The van der Waals surface area contributed by atoms with Gasteiger partial charge < -0.3 is 20.5 Å². The van der Waals surface area contributed by atoms with Crippen LogP contribution in [0.4, 0.5) is 4.79 Å². The van der Waals surface area contributed by atoms with Crippen molar-refractivity contribution < 1.29 is 24.2 Å². The Labute approximate surface area is 193 Å². The van der Waals surface area contributed by atoms with Crippen LogP contribution >= 0.6 is 0 Å². The highest BCUT2D eigenvalue weighted by molar-refractivity contribution is 5.82. The molecular weight excluding hydrogens is 420 g/mol. The normalized spacial score (nSPS) is 19.9. The Kier molecular flexibility index (Phi) is 6.96. The Hall–Kier alpha value is -3.35. The van der Waals surface area contributed by atoms with Crippen molar-refractivity contribution in [2.24, 2.45) is 11.8 Å². The van der Waals surface area contributed by atoms with E-state index in [1.54, 1.807) is 6.92 Å². The first kappa shape index (κ1) is 22.8. The van der Waals surface area contributed by atoms with Crippen LogP contribution in [0.3, 0.4) is 0 Å². The van der Waals surface area contributed by atoms with Crippen LogP contribution in [-0.4, -0.2) is 42.3 Å². The lowest BCUT2D eigenvalue weighted by atomic mass is 9.98. The van der Waals surface area contributed by atoms with Crippen LogP contribution in [0.2, 0.25) is 0 Å². The van der Waals surface area contributed by atoms with Gasteiger partial charge >= 0.3 is 12.1 Å². The van der Waals surface area contributed by atoms with Gasteiger partial charge in [-0.2, -0.15) is 0 Å². The predicted octanol–water partition coefficient (Wildman–Crippen LogP) is 3.92. The van der Waals surface area contributed by atoms with Crippen LogP contribution in [-0.2, 0) is 14.3 Å². The van der Waals surface area contributed by atoms with Gasteiger partial charge in [-0.1, -0.05) is 61.9 Å². The number of fused-ring (bicyclic) bond motifs is 3. The lowest BCUT2D eigenvalue weighted by Gasteiger charge is -2.22. The summed E-state index contributed by atoms with van der Waals surface area (Å²) in [5.74, 6) is -2.14. The zero-order valence-electron chi connectivity index (χ0n) is 18.8. The number of hydrogen-bond donors (Lipinski definition) is 3. The van der Waals surface area contributed by atoms with Crippen molar-refractivity contribution in [3.8, 4) is 11.1 Å². The zero-order chi connectivity index (χ0) is 23.4. The lowest BCUT2D eigenvalue weighted by molar-refractivity contribution is -0.141. The fraction of sp³-hybridized carbons (Fsp3) is 0.423. The highest BCUT2D eigenvalue weighted by Crippen LogP contribution is 2.44. The molecule has 2 aromatic carbocycles. The van der Waals surface area contributed by atoms with E-state index in [1.165, 1.54) is 11.1 Å². The minimum absolute atomic E-state index is 0.0205. The number of carboxylic acid groups (broad SMARTS) is 1. The fourth-order valence-electron chi connectivity index (χ4n) is 5.00. The van der Waals surface area contributed by atoms with Crippen molar-refractivity contribution in [2.45, 2.75) is 44.6 Å². The number of benzene rings is 2. The lowest BCUT2D eigenvalue weighted by Crippen LogP contribution is -2.45. The summed E-state index contributed by atoms with van der Waals surface area (Å²) >= 11 is 0. The highest BCUT2D eigenvalue weighted by Gasteiger charge is 2.35. The van der Waals surface area contributed by atoms with E-state index >= 15 is 0 Å². The molecule has 2 aliphatic rings. The van der Waals surface area contributed by atoms with Gasteiger partial charge in [-0.25, -0.2) is 4.79 Å². The molecule has 0 aliphatic heterocycles. The Bertz CT molecular complexity index is 991. The van der Waals surface area contributed by atoms with Crippen molar-refractivity contribution >= 4 is 18.0 Å². The smallest absolute Gasteiger partial charge is 0.407 e. The van der Waals surface area contributed by atoms with Crippen molar-refractivity contribution in [3.05, 3.63) is 59.7 Å². The molecule has 1 unspecified atom stereocenters. The Morgan fingerprint density at radius 1 is 1.03 bits per heavy atom. The van der Waals surface area contributed by atoms with Crippen LogP contribution in [0, 0.1) is 11.8 Å². The molecule has 0 spiro atoms. The minimum atomic E-state index is -0.919. The average molecular weight is 451 g/mol. The predicted molar refractivity (Wildman–Crippen MR) is 124 cm³/mol. The van der Waals surface area contributed by atoms with Gasteiger partial charge in [0.15, 0.2) is 0 Å². The molecule has 2 aromatic rings. The van der Waals surface area contributed by atoms with Crippen LogP contribution < -0.4 is 10.6 Å². The molecular formula is C26H30N2O5. The van der Waals surface area contributed by atoms with E-state index in [0.717, 1.165) is 17.5 Å². The number of ether oxygens (including phenoxy) is 1. The molecule has 0 radical (unpaired) electrons. The summed E-state index contributed by atoms with van der Waals surface area (Å²) in [6.45, 7) is 2.10.